The highest BCUT2D eigenvalue weighted by Gasteiger charge is 2.26. The first-order chi connectivity index (χ1) is 10.2. The maximum Gasteiger partial charge on any atom is 0.0391 e. The van der Waals surface area contributed by atoms with Gasteiger partial charge in [-0.25, -0.2) is 0 Å². The molecule has 3 rings (SSSR count). The molecule has 1 aliphatic rings. The van der Waals surface area contributed by atoms with Crippen LogP contribution in [-0.4, -0.2) is 6.04 Å². The Morgan fingerprint density at radius 3 is 2.76 bits per heavy atom. The number of aryl methyl sites for hydroxylation is 1. The fourth-order valence-electron chi connectivity index (χ4n) is 3.92. The molecule has 1 aromatic carbocycles. The van der Waals surface area contributed by atoms with E-state index in [1.54, 1.807) is 0 Å². The van der Waals surface area contributed by atoms with Crippen LogP contribution in [0.4, 0.5) is 0 Å². The number of fused-ring (bicyclic) bond motifs is 1. The van der Waals surface area contributed by atoms with E-state index in [0.717, 1.165) is 5.92 Å². The van der Waals surface area contributed by atoms with Gasteiger partial charge in [-0.3, -0.25) is 0 Å². The summed E-state index contributed by atoms with van der Waals surface area (Å²) in [6.45, 7) is 6.98. The second-order valence-electron chi connectivity index (χ2n) is 6.54. The fraction of sp³-hybridized carbons (Fsp3) is 0.579. The minimum atomic E-state index is 0.472. The van der Waals surface area contributed by atoms with Crippen molar-refractivity contribution in [3.05, 3.63) is 34.7 Å². The van der Waals surface area contributed by atoms with Crippen LogP contribution >= 0.6 is 11.3 Å². The zero-order chi connectivity index (χ0) is 14.8. The lowest BCUT2D eigenvalue weighted by Crippen LogP contribution is -2.39. The molecule has 3 unspecified atom stereocenters. The van der Waals surface area contributed by atoms with Crippen LogP contribution in [0.5, 0.6) is 0 Å². The average Bonchev–Trinajstić information content (AvgIpc) is 2.85. The zero-order valence-corrected chi connectivity index (χ0v) is 14.3. The summed E-state index contributed by atoms with van der Waals surface area (Å²) in [6, 6.07) is 9.99. The molecule has 114 valence electrons. The highest BCUT2D eigenvalue weighted by atomic mass is 32.1. The molecular formula is C19H27NS. The van der Waals surface area contributed by atoms with Crippen molar-refractivity contribution in [2.45, 2.75) is 65.0 Å². The van der Waals surface area contributed by atoms with Gasteiger partial charge in [0.2, 0.25) is 0 Å². The lowest BCUT2D eigenvalue weighted by atomic mass is 9.82. The molecule has 0 aliphatic heterocycles. The van der Waals surface area contributed by atoms with E-state index in [1.165, 1.54) is 52.6 Å². The quantitative estimate of drug-likeness (QED) is 0.749. The van der Waals surface area contributed by atoms with Crippen molar-refractivity contribution in [3.8, 4) is 0 Å². The summed E-state index contributed by atoms with van der Waals surface area (Å²) in [7, 11) is 0. The van der Waals surface area contributed by atoms with Crippen LogP contribution in [0.3, 0.4) is 0 Å². The van der Waals surface area contributed by atoms with Crippen LogP contribution in [-0.2, 0) is 0 Å². The molecule has 3 atom stereocenters. The van der Waals surface area contributed by atoms with Crippen molar-refractivity contribution < 1.29 is 0 Å². The monoisotopic (exact) mass is 301 g/mol. The average molecular weight is 301 g/mol. The van der Waals surface area contributed by atoms with E-state index in [0.29, 0.717) is 12.1 Å². The number of nitrogens with one attached hydrogen (secondary N) is 1. The van der Waals surface area contributed by atoms with Crippen LogP contribution in [0.15, 0.2) is 24.3 Å². The number of rotatable bonds is 4. The normalized spacial score (nSPS) is 24.3. The molecule has 0 saturated heterocycles. The van der Waals surface area contributed by atoms with Crippen molar-refractivity contribution in [1.82, 2.24) is 5.32 Å². The molecule has 0 spiro atoms. The molecule has 1 aromatic heterocycles. The number of hydrogen-bond donors (Lipinski definition) is 1. The summed E-state index contributed by atoms with van der Waals surface area (Å²) in [5.74, 6) is 0.871. The first-order valence-corrected chi connectivity index (χ1v) is 9.26. The van der Waals surface area contributed by atoms with Gasteiger partial charge in [0.25, 0.3) is 0 Å². The van der Waals surface area contributed by atoms with Crippen LogP contribution in [0, 0.1) is 12.8 Å². The summed E-state index contributed by atoms with van der Waals surface area (Å²) in [5, 5.41) is 5.38. The number of hydrogen-bond acceptors (Lipinski definition) is 2. The van der Waals surface area contributed by atoms with E-state index in [4.69, 9.17) is 0 Å². The summed E-state index contributed by atoms with van der Waals surface area (Å²) < 4.78 is 1.43. The van der Waals surface area contributed by atoms with Crippen molar-refractivity contribution in [2.75, 3.05) is 0 Å². The van der Waals surface area contributed by atoms with Gasteiger partial charge < -0.3 is 5.32 Å². The Kier molecular flexibility index (Phi) is 4.66. The van der Waals surface area contributed by atoms with E-state index < -0.39 is 0 Å². The standard InChI is InChI=1S/C19H27NS/c1-4-15-9-5-7-11-17(15)20-14(3)19-13(2)16-10-6-8-12-18(16)21-19/h6,8,10,12,14-15,17,20H,4-5,7,9,11H2,1-3H3. The molecule has 1 N–H and O–H groups in total. The Bertz CT molecular complexity index is 601. The van der Waals surface area contributed by atoms with Crippen LogP contribution in [0.1, 0.15) is 62.4 Å². The second-order valence-corrected chi connectivity index (χ2v) is 7.62. The minimum absolute atomic E-state index is 0.472. The third-order valence-electron chi connectivity index (χ3n) is 5.17. The maximum atomic E-state index is 3.95. The second kappa shape index (κ2) is 6.50. The van der Waals surface area contributed by atoms with Gasteiger partial charge in [0.15, 0.2) is 0 Å². The predicted octanol–water partition coefficient (Wildman–Crippen LogP) is 5.83. The molecule has 2 aromatic rings. The predicted molar refractivity (Wildman–Crippen MR) is 94.1 cm³/mol. The summed E-state index contributed by atoms with van der Waals surface area (Å²) in [4.78, 5) is 1.52. The molecule has 0 bridgehead atoms. The van der Waals surface area contributed by atoms with Crippen molar-refractivity contribution in [2.24, 2.45) is 5.92 Å². The van der Waals surface area contributed by atoms with Crippen molar-refractivity contribution in [3.63, 3.8) is 0 Å². The summed E-state index contributed by atoms with van der Waals surface area (Å²) in [5.41, 5.74) is 1.47. The third-order valence-corrected chi connectivity index (χ3v) is 6.63. The Labute approximate surface area is 132 Å². The fourth-order valence-corrected chi connectivity index (χ4v) is 5.14. The zero-order valence-electron chi connectivity index (χ0n) is 13.5. The molecule has 1 fully saturated rings. The van der Waals surface area contributed by atoms with Crippen LogP contribution < -0.4 is 5.32 Å². The first kappa shape index (κ1) is 15.1. The Morgan fingerprint density at radius 1 is 1.24 bits per heavy atom. The highest BCUT2D eigenvalue weighted by Crippen LogP contribution is 2.36. The molecule has 2 heteroatoms. The minimum Gasteiger partial charge on any atom is -0.306 e. The van der Waals surface area contributed by atoms with Crippen LogP contribution in [0.2, 0.25) is 0 Å². The van der Waals surface area contributed by atoms with E-state index >= 15 is 0 Å². The van der Waals surface area contributed by atoms with E-state index in [-0.39, 0.29) is 0 Å². The van der Waals surface area contributed by atoms with Gasteiger partial charge in [0.05, 0.1) is 0 Å². The molecule has 21 heavy (non-hydrogen) atoms. The highest BCUT2D eigenvalue weighted by molar-refractivity contribution is 7.19. The molecule has 1 saturated carbocycles. The lowest BCUT2D eigenvalue weighted by Gasteiger charge is -2.34. The van der Waals surface area contributed by atoms with Gasteiger partial charge >= 0.3 is 0 Å². The molecule has 0 radical (unpaired) electrons. The Hall–Kier alpha value is -0.860. The summed E-state index contributed by atoms with van der Waals surface area (Å²) in [6.07, 6.45) is 6.90. The SMILES string of the molecule is CCC1CCCCC1NC(C)c1sc2ccccc2c1C. The largest absolute Gasteiger partial charge is 0.306 e. The van der Waals surface area contributed by atoms with E-state index in [1.807, 2.05) is 11.3 Å². The smallest absolute Gasteiger partial charge is 0.0391 e. The maximum absolute atomic E-state index is 3.95. The Morgan fingerprint density at radius 2 is 2.00 bits per heavy atom. The molecule has 1 aliphatic carbocycles. The number of benzene rings is 1. The Balaban J connectivity index is 1.80. The van der Waals surface area contributed by atoms with Crippen molar-refractivity contribution >= 4 is 21.4 Å². The molecule has 0 amide bonds. The van der Waals surface area contributed by atoms with Gasteiger partial charge in [-0.05, 0) is 49.6 Å². The molecule has 1 heterocycles. The van der Waals surface area contributed by atoms with E-state index in [9.17, 15) is 0 Å². The van der Waals surface area contributed by atoms with Crippen molar-refractivity contribution in [1.29, 1.82) is 0 Å². The van der Waals surface area contributed by atoms with Gasteiger partial charge in [0, 0.05) is 21.7 Å². The number of thiophene rings is 1. The van der Waals surface area contributed by atoms with Gasteiger partial charge in [-0.1, -0.05) is 44.4 Å². The van der Waals surface area contributed by atoms with Gasteiger partial charge in [-0.15, -0.1) is 11.3 Å². The van der Waals surface area contributed by atoms with Gasteiger partial charge in [0.1, 0.15) is 0 Å². The van der Waals surface area contributed by atoms with Crippen LogP contribution in [0.25, 0.3) is 10.1 Å². The van der Waals surface area contributed by atoms with E-state index in [2.05, 4.69) is 50.4 Å². The first-order valence-electron chi connectivity index (χ1n) is 8.44. The molecule has 1 nitrogen and oxygen atoms in total. The molecular weight excluding hydrogens is 274 g/mol. The lowest BCUT2D eigenvalue weighted by molar-refractivity contribution is 0.241. The topological polar surface area (TPSA) is 12.0 Å². The van der Waals surface area contributed by atoms with Gasteiger partial charge in [-0.2, -0.15) is 0 Å². The summed E-state index contributed by atoms with van der Waals surface area (Å²) >= 11 is 1.97. The third kappa shape index (κ3) is 3.02.